The summed E-state index contributed by atoms with van der Waals surface area (Å²) < 4.78 is 0. The fourth-order valence-electron chi connectivity index (χ4n) is 3.06. The zero-order valence-corrected chi connectivity index (χ0v) is 15.0. The van der Waals surface area contributed by atoms with Gasteiger partial charge in [-0.15, -0.1) is 5.10 Å². The van der Waals surface area contributed by atoms with Crippen molar-refractivity contribution in [1.82, 2.24) is 25.1 Å². The maximum atomic E-state index is 4.72. The topological polar surface area (TPSA) is 70.9 Å². The highest BCUT2D eigenvalue weighted by molar-refractivity contribution is 5.43. The molecule has 0 spiro atoms. The van der Waals surface area contributed by atoms with Gasteiger partial charge in [0, 0.05) is 37.9 Å². The van der Waals surface area contributed by atoms with Gasteiger partial charge < -0.3 is 9.80 Å². The summed E-state index contributed by atoms with van der Waals surface area (Å²) in [5, 5.41) is 8.68. The second-order valence-electron chi connectivity index (χ2n) is 6.10. The van der Waals surface area contributed by atoms with Gasteiger partial charge in [0.25, 0.3) is 0 Å². The number of nitrogens with zero attached hydrogens (tertiary/aromatic N) is 7. The molecule has 0 radical (unpaired) electrons. The molecule has 0 atom stereocenters. The average molecular weight is 327 g/mol. The Morgan fingerprint density at radius 1 is 0.833 bits per heavy atom. The van der Waals surface area contributed by atoms with Crippen molar-refractivity contribution < 1.29 is 0 Å². The first-order valence-electron chi connectivity index (χ1n) is 8.65. The molecule has 128 valence electrons. The predicted molar refractivity (Wildman–Crippen MR) is 94.5 cm³/mol. The molecule has 1 saturated heterocycles. The van der Waals surface area contributed by atoms with E-state index < -0.39 is 0 Å². The third kappa shape index (κ3) is 3.44. The molecule has 3 rings (SSSR count). The van der Waals surface area contributed by atoms with Gasteiger partial charge in [-0.3, -0.25) is 0 Å². The molecule has 1 fully saturated rings. The Balaban J connectivity index is 1.71. The molecule has 0 aromatic carbocycles. The Morgan fingerprint density at radius 3 is 2.12 bits per heavy atom. The Morgan fingerprint density at radius 2 is 1.50 bits per heavy atom. The Kier molecular flexibility index (Phi) is 4.87. The molecule has 0 saturated carbocycles. The first kappa shape index (κ1) is 16.5. The first-order chi connectivity index (χ1) is 11.6. The van der Waals surface area contributed by atoms with Crippen LogP contribution in [-0.4, -0.2) is 51.3 Å². The monoisotopic (exact) mass is 327 g/mol. The van der Waals surface area contributed by atoms with Gasteiger partial charge in [0.2, 0.25) is 5.95 Å². The van der Waals surface area contributed by atoms with Gasteiger partial charge in [-0.25, -0.2) is 15.0 Å². The van der Waals surface area contributed by atoms with Crippen molar-refractivity contribution in [1.29, 1.82) is 0 Å². The second kappa shape index (κ2) is 7.07. The van der Waals surface area contributed by atoms with Crippen molar-refractivity contribution in [2.45, 2.75) is 40.5 Å². The molecule has 2 aromatic rings. The minimum Gasteiger partial charge on any atom is -0.353 e. The summed E-state index contributed by atoms with van der Waals surface area (Å²) >= 11 is 0. The molecule has 1 aliphatic rings. The predicted octanol–water partition coefficient (Wildman–Crippen LogP) is 1.73. The van der Waals surface area contributed by atoms with Crippen LogP contribution in [0.2, 0.25) is 0 Å². The van der Waals surface area contributed by atoms with E-state index in [0.717, 1.165) is 73.7 Å². The molecule has 24 heavy (non-hydrogen) atoms. The van der Waals surface area contributed by atoms with Crippen LogP contribution in [0.4, 0.5) is 11.8 Å². The lowest BCUT2D eigenvalue weighted by molar-refractivity contribution is 0.623. The van der Waals surface area contributed by atoms with Gasteiger partial charge in [-0.05, 0) is 26.7 Å². The highest BCUT2D eigenvalue weighted by Crippen LogP contribution is 2.18. The van der Waals surface area contributed by atoms with Crippen molar-refractivity contribution in [3.8, 4) is 0 Å². The molecule has 7 nitrogen and oxygen atoms in total. The number of hydrogen-bond acceptors (Lipinski definition) is 7. The van der Waals surface area contributed by atoms with Crippen molar-refractivity contribution in [3.63, 3.8) is 0 Å². The van der Waals surface area contributed by atoms with E-state index in [2.05, 4.69) is 43.8 Å². The lowest BCUT2D eigenvalue weighted by Crippen LogP contribution is -2.47. The molecular weight excluding hydrogens is 302 g/mol. The molecular formula is C17H25N7. The average Bonchev–Trinajstić information content (AvgIpc) is 2.60. The molecule has 0 unspecified atom stereocenters. The van der Waals surface area contributed by atoms with Gasteiger partial charge in [0.1, 0.15) is 11.6 Å². The molecule has 1 aliphatic heterocycles. The smallest absolute Gasteiger partial charge is 0.245 e. The van der Waals surface area contributed by atoms with Crippen molar-refractivity contribution in [2.75, 3.05) is 36.0 Å². The van der Waals surface area contributed by atoms with Gasteiger partial charge in [-0.1, -0.05) is 13.8 Å². The fraction of sp³-hybridized carbons (Fsp3) is 0.588. The Bertz CT molecular complexity index is 688. The largest absolute Gasteiger partial charge is 0.353 e. The number of aromatic nitrogens is 5. The van der Waals surface area contributed by atoms with Crippen LogP contribution in [0.5, 0.6) is 0 Å². The molecule has 2 aromatic heterocycles. The third-order valence-electron chi connectivity index (χ3n) is 4.34. The summed E-state index contributed by atoms with van der Waals surface area (Å²) in [5.74, 6) is 2.58. The number of anilines is 2. The van der Waals surface area contributed by atoms with Gasteiger partial charge in [-0.2, -0.15) is 5.10 Å². The van der Waals surface area contributed by atoms with Crippen LogP contribution in [0.3, 0.4) is 0 Å². The Hall–Kier alpha value is -2.31. The van der Waals surface area contributed by atoms with Crippen LogP contribution >= 0.6 is 0 Å². The van der Waals surface area contributed by atoms with E-state index >= 15 is 0 Å². The van der Waals surface area contributed by atoms with Crippen LogP contribution in [0, 0.1) is 13.8 Å². The maximum absolute atomic E-state index is 4.72. The highest BCUT2D eigenvalue weighted by Gasteiger charge is 2.21. The molecule has 7 heteroatoms. The number of rotatable bonds is 4. The van der Waals surface area contributed by atoms with Crippen molar-refractivity contribution >= 4 is 11.8 Å². The summed E-state index contributed by atoms with van der Waals surface area (Å²) in [5.41, 5.74) is 3.08. The molecule has 3 heterocycles. The SMILES string of the molecule is CCc1nnc(N2CCN(c3cc(C)nc(C)n3)CC2)nc1CC. The molecule has 0 amide bonds. The minimum absolute atomic E-state index is 0.749. The van der Waals surface area contributed by atoms with E-state index in [4.69, 9.17) is 4.98 Å². The second-order valence-corrected chi connectivity index (χ2v) is 6.10. The van der Waals surface area contributed by atoms with Crippen LogP contribution in [0.1, 0.15) is 36.8 Å². The third-order valence-corrected chi connectivity index (χ3v) is 4.34. The summed E-state index contributed by atoms with van der Waals surface area (Å²) in [6, 6.07) is 2.05. The fourth-order valence-corrected chi connectivity index (χ4v) is 3.06. The lowest BCUT2D eigenvalue weighted by atomic mass is 10.2. The van der Waals surface area contributed by atoms with E-state index in [1.807, 2.05) is 19.9 Å². The van der Waals surface area contributed by atoms with Crippen LogP contribution in [0.15, 0.2) is 6.07 Å². The van der Waals surface area contributed by atoms with E-state index in [9.17, 15) is 0 Å². The van der Waals surface area contributed by atoms with Gasteiger partial charge in [0.05, 0.1) is 11.4 Å². The van der Waals surface area contributed by atoms with E-state index in [1.165, 1.54) is 0 Å². The zero-order chi connectivity index (χ0) is 17.1. The normalized spacial score (nSPS) is 15.0. The highest BCUT2D eigenvalue weighted by atomic mass is 15.4. The first-order valence-corrected chi connectivity index (χ1v) is 8.65. The van der Waals surface area contributed by atoms with E-state index in [-0.39, 0.29) is 0 Å². The summed E-state index contributed by atoms with van der Waals surface area (Å²) in [4.78, 5) is 18.1. The summed E-state index contributed by atoms with van der Waals surface area (Å²) in [7, 11) is 0. The Labute approximate surface area is 143 Å². The minimum atomic E-state index is 0.749. The zero-order valence-electron chi connectivity index (χ0n) is 15.0. The number of hydrogen-bond donors (Lipinski definition) is 0. The van der Waals surface area contributed by atoms with E-state index in [1.54, 1.807) is 0 Å². The number of piperazine rings is 1. The maximum Gasteiger partial charge on any atom is 0.245 e. The van der Waals surface area contributed by atoms with Crippen molar-refractivity contribution in [2.24, 2.45) is 0 Å². The van der Waals surface area contributed by atoms with E-state index in [0.29, 0.717) is 0 Å². The van der Waals surface area contributed by atoms with Gasteiger partial charge >= 0.3 is 0 Å². The summed E-state index contributed by atoms with van der Waals surface area (Å²) in [6.45, 7) is 11.7. The molecule has 0 N–H and O–H groups in total. The standard InChI is InChI=1S/C17H25N7/c1-5-14-15(6-2)21-22-17(20-14)24-9-7-23(8-10-24)16-11-12(3)18-13(4)19-16/h11H,5-10H2,1-4H3. The van der Waals surface area contributed by atoms with Crippen LogP contribution < -0.4 is 9.80 Å². The van der Waals surface area contributed by atoms with Gasteiger partial charge in [0.15, 0.2) is 0 Å². The molecule has 0 bridgehead atoms. The van der Waals surface area contributed by atoms with Crippen LogP contribution in [-0.2, 0) is 12.8 Å². The van der Waals surface area contributed by atoms with Crippen molar-refractivity contribution in [3.05, 3.63) is 29.0 Å². The quantitative estimate of drug-likeness (QED) is 0.847. The summed E-state index contributed by atoms with van der Waals surface area (Å²) in [6.07, 6.45) is 1.77. The lowest BCUT2D eigenvalue weighted by Gasteiger charge is -2.35. The molecule has 0 aliphatic carbocycles. The van der Waals surface area contributed by atoms with Crippen LogP contribution in [0.25, 0.3) is 0 Å². The number of aryl methyl sites for hydroxylation is 4.